The molecule has 1 aliphatic heterocycles. The van der Waals surface area contributed by atoms with Crippen LogP contribution in [0.25, 0.3) is 0 Å². The second kappa shape index (κ2) is 12.1. The number of rotatable bonds is 9. The normalized spacial score (nSPS) is 15.4. The summed E-state index contributed by atoms with van der Waals surface area (Å²) in [5.41, 5.74) is 0. The number of piperidine rings is 1. The zero-order chi connectivity index (χ0) is 17.2. The number of hydrogen-bond acceptors (Lipinski definition) is 6. The van der Waals surface area contributed by atoms with Crippen LogP contribution in [0.15, 0.2) is 24.3 Å². The highest BCUT2D eigenvalue weighted by molar-refractivity contribution is 5.85. The van der Waals surface area contributed by atoms with E-state index in [0.29, 0.717) is 24.7 Å². The summed E-state index contributed by atoms with van der Waals surface area (Å²) in [6.07, 6.45) is 1.63. The minimum Gasteiger partial charge on any atom is -0.487 e. The molecule has 1 heterocycles. The van der Waals surface area contributed by atoms with Crippen LogP contribution >= 0.6 is 12.4 Å². The Morgan fingerprint density at radius 2 is 1.68 bits per heavy atom. The van der Waals surface area contributed by atoms with Crippen LogP contribution in [-0.2, 0) is 14.3 Å². The van der Waals surface area contributed by atoms with Gasteiger partial charge in [-0.15, -0.1) is 12.4 Å². The zero-order valence-corrected chi connectivity index (χ0v) is 15.8. The van der Waals surface area contributed by atoms with Crippen molar-refractivity contribution in [3.8, 4) is 11.5 Å². The lowest BCUT2D eigenvalue weighted by atomic mass is 9.97. The predicted octanol–water partition coefficient (Wildman–Crippen LogP) is 2.40. The number of esters is 1. The molecule has 1 saturated heterocycles. The molecule has 0 atom stereocenters. The highest BCUT2D eigenvalue weighted by Gasteiger charge is 2.27. The minimum atomic E-state index is -0.177. The number of para-hydroxylation sites is 2. The number of methoxy groups -OCH3 is 2. The van der Waals surface area contributed by atoms with Gasteiger partial charge in [0, 0.05) is 20.8 Å². The molecule has 0 aromatic heterocycles. The molecular weight excluding hydrogens is 346 g/mol. The molecular formula is C18H28ClNO5. The van der Waals surface area contributed by atoms with Crippen molar-refractivity contribution in [1.82, 2.24) is 4.90 Å². The van der Waals surface area contributed by atoms with E-state index in [1.807, 2.05) is 12.1 Å². The second-order valence-corrected chi connectivity index (χ2v) is 5.82. The second-order valence-electron chi connectivity index (χ2n) is 5.82. The van der Waals surface area contributed by atoms with Crippen LogP contribution in [0.3, 0.4) is 0 Å². The standard InChI is InChI=1S/C18H27NO5.ClH/c1-21-12-11-19-9-7-15(8-10-19)18(20)24-17-6-4-3-5-16(17)23-14-13-22-2;/h3-6,15H,7-14H2,1-2H3;1H. The van der Waals surface area contributed by atoms with Gasteiger partial charge in [-0.1, -0.05) is 12.1 Å². The molecule has 1 fully saturated rings. The third-order valence-corrected chi connectivity index (χ3v) is 4.14. The van der Waals surface area contributed by atoms with Crippen LogP contribution in [0.4, 0.5) is 0 Å². The van der Waals surface area contributed by atoms with E-state index < -0.39 is 0 Å². The lowest BCUT2D eigenvalue weighted by Gasteiger charge is -2.30. The summed E-state index contributed by atoms with van der Waals surface area (Å²) in [6.45, 7) is 4.34. The number of nitrogens with zero attached hydrogens (tertiary/aromatic N) is 1. The molecule has 2 rings (SSSR count). The number of ether oxygens (including phenoxy) is 4. The Morgan fingerprint density at radius 1 is 1.04 bits per heavy atom. The molecule has 1 aliphatic rings. The van der Waals surface area contributed by atoms with Gasteiger partial charge < -0.3 is 23.8 Å². The van der Waals surface area contributed by atoms with Crippen molar-refractivity contribution >= 4 is 18.4 Å². The molecule has 25 heavy (non-hydrogen) atoms. The van der Waals surface area contributed by atoms with Gasteiger partial charge in [-0.05, 0) is 38.1 Å². The Kier molecular flexibility index (Phi) is 10.5. The molecule has 1 aromatic rings. The highest BCUT2D eigenvalue weighted by atomic mass is 35.5. The molecule has 142 valence electrons. The number of carbonyl (C=O) groups excluding carboxylic acids is 1. The van der Waals surface area contributed by atoms with Gasteiger partial charge in [-0.25, -0.2) is 0 Å². The number of hydrogen-bond donors (Lipinski definition) is 0. The molecule has 0 amide bonds. The quantitative estimate of drug-likeness (QED) is 0.376. The minimum absolute atomic E-state index is 0. The van der Waals surface area contributed by atoms with Gasteiger partial charge in [0.05, 0.1) is 19.1 Å². The summed E-state index contributed by atoms with van der Waals surface area (Å²) in [6, 6.07) is 7.24. The van der Waals surface area contributed by atoms with Crippen LogP contribution < -0.4 is 9.47 Å². The first kappa shape index (κ1) is 21.7. The van der Waals surface area contributed by atoms with Crippen molar-refractivity contribution in [2.24, 2.45) is 5.92 Å². The maximum absolute atomic E-state index is 12.4. The first-order valence-corrected chi connectivity index (χ1v) is 8.38. The predicted molar refractivity (Wildman–Crippen MR) is 97.7 cm³/mol. The molecule has 0 saturated carbocycles. The Hall–Kier alpha value is -1.34. The van der Waals surface area contributed by atoms with Crippen molar-refractivity contribution in [3.63, 3.8) is 0 Å². The average Bonchev–Trinajstić information content (AvgIpc) is 2.62. The summed E-state index contributed by atoms with van der Waals surface area (Å²) < 4.78 is 21.3. The largest absolute Gasteiger partial charge is 0.487 e. The number of carbonyl (C=O) groups is 1. The maximum Gasteiger partial charge on any atom is 0.314 e. The molecule has 1 aromatic carbocycles. The van der Waals surface area contributed by atoms with E-state index in [9.17, 15) is 4.79 Å². The molecule has 0 unspecified atom stereocenters. The number of halogens is 1. The van der Waals surface area contributed by atoms with E-state index >= 15 is 0 Å². The smallest absolute Gasteiger partial charge is 0.314 e. The van der Waals surface area contributed by atoms with Gasteiger partial charge >= 0.3 is 5.97 Å². The molecule has 0 spiro atoms. The van der Waals surface area contributed by atoms with Gasteiger partial charge in [-0.3, -0.25) is 4.79 Å². The molecule has 7 heteroatoms. The van der Waals surface area contributed by atoms with Crippen molar-refractivity contribution in [2.45, 2.75) is 12.8 Å². The number of likely N-dealkylation sites (tertiary alicyclic amines) is 1. The lowest BCUT2D eigenvalue weighted by molar-refractivity contribution is -0.140. The topological polar surface area (TPSA) is 57.2 Å². The molecule has 6 nitrogen and oxygen atoms in total. The van der Waals surface area contributed by atoms with Crippen LogP contribution in [0.2, 0.25) is 0 Å². The third kappa shape index (κ3) is 7.20. The van der Waals surface area contributed by atoms with Gasteiger partial charge in [0.25, 0.3) is 0 Å². The fourth-order valence-electron chi connectivity index (χ4n) is 2.69. The van der Waals surface area contributed by atoms with E-state index in [4.69, 9.17) is 18.9 Å². The summed E-state index contributed by atoms with van der Waals surface area (Å²) in [5.74, 6) is 0.806. The lowest BCUT2D eigenvalue weighted by Crippen LogP contribution is -2.39. The average molecular weight is 374 g/mol. The molecule has 0 aliphatic carbocycles. The zero-order valence-electron chi connectivity index (χ0n) is 14.9. The van der Waals surface area contributed by atoms with E-state index in [-0.39, 0.29) is 24.3 Å². The van der Waals surface area contributed by atoms with Gasteiger partial charge in [0.1, 0.15) is 6.61 Å². The van der Waals surface area contributed by atoms with Crippen LogP contribution in [0.5, 0.6) is 11.5 Å². The Labute approximate surface area is 155 Å². The highest BCUT2D eigenvalue weighted by Crippen LogP contribution is 2.28. The Balaban J connectivity index is 0.00000312. The fourth-order valence-corrected chi connectivity index (χ4v) is 2.69. The summed E-state index contributed by atoms with van der Waals surface area (Å²) in [7, 11) is 3.32. The Morgan fingerprint density at radius 3 is 2.32 bits per heavy atom. The molecule has 0 N–H and O–H groups in total. The SMILES string of the molecule is COCCOc1ccccc1OC(=O)C1CCN(CCOC)CC1.Cl. The molecule has 0 radical (unpaired) electrons. The summed E-state index contributed by atoms with van der Waals surface area (Å²) in [5, 5.41) is 0. The first-order valence-electron chi connectivity index (χ1n) is 8.38. The fraction of sp³-hybridized carbons (Fsp3) is 0.611. The van der Waals surface area contributed by atoms with Crippen molar-refractivity contribution < 1.29 is 23.7 Å². The van der Waals surface area contributed by atoms with Gasteiger partial charge in [0.15, 0.2) is 11.5 Å². The maximum atomic E-state index is 12.4. The van der Waals surface area contributed by atoms with Crippen molar-refractivity contribution in [2.75, 3.05) is 53.7 Å². The first-order chi connectivity index (χ1) is 11.7. The van der Waals surface area contributed by atoms with E-state index in [1.54, 1.807) is 26.4 Å². The van der Waals surface area contributed by atoms with Crippen molar-refractivity contribution in [3.05, 3.63) is 24.3 Å². The van der Waals surface area contributed by atoms with Crippen LogP contribution in [0.1, 0.15) is 12.8 Å². The van der Waals surface area contributed by atoms with Gasteiger partial charge in [0.2, 0.25) is 0 Å². The monoisotopic (exact) mass is 373 g/mol. The van der Waals surface area contributed by atoms with Gasteiger partial charge in [-0.2, -0.15) is 0 Å². The van der Waals surface area contributed by atoms with E-state index in [0.717, 1.165) is 39.1 Å². The molecule has 0 bridgehead atoms. The van der Waals surface area contributed by atoms with E-state index in [2.05, 4.69) is 4.90 Å². The third-order valence-electron chi connectivity index (χ3n) is 4.14. The van der Waals surface area contributed by atoms with E-state index in [1.165, 1.54) is 0 Å². The summed E-state index contributed by atoms with van der Waals surface area (Å²) >= 11 is 0. The van der Waals surface area contributed by atoms with Crippen LogP contribution in [-0.4, -0.2) is 64.5 Å². The van der Waals surface area contributed by atoms with Crippen molar-refractivity contribution in [1.29, 1.82) is 0 Å². The number of benzene rings is 1. The van der Waals surface area contributed by atoms with Crippen LogP contribution in [0, 0.1) is 5.92 Å². The Bertz CT molecular complexity index is 506. The summed E-state index contributed by atoms with van der Waals surface area (Å²) in [4.78, 5) is 14.7.